The summed E-state index contributed by atoms with van der Waals surface area (Å²) in [4.78, 5) is 24.7. The number of hydrogen-bond acceptors (Lipinski definition) is 2. The molecule has 0 unspecified atom stereocenters. The lowest BCUT2D eigenvalue weighted by Crippen LogP contribution is -2.29. The van der Waals surface area contributed by atoms with Crippen LogP contribution in [0.3, 0.4) is 0 Å². The summed E-state index contributed by atoms with van der Waals surface area (Å²) in [7, 11) is 0. The van der Waals surface area contributed by atoms with Gasteiger partial charge in [-0.2, -0.15) is 0 Å². The quantitative estimate of drug-likeness (QED) is 0.0417. The van der Waals surface area contributed by atoms with Crippen molar-refractivity contribution in [1.29, 1.82) is 0 Å². The maximum atomic E-state index is 12.4. The summed E-state index contributed by atoms with van der Waals surface area (Å²) in [5.74, 6) is 0. The van der Waals surface area contributed by atoms with Crippen LogP contribution in [-0.2, 0) is 6.42 Å². The summed E-state index contributed by atoms with van der Waals surface area (Å²) >= 11 is 0. The lowest BCUT2D eigenvalue weighted by Gasteiger charge is -2.10. The summed E-state index contributed by atoms with van der Waals surface area (Å²) in [5, 5.41) is 11.9. The molecule has 310 valence electrons. The molecule has 0 aromatic heterocycles. The van der Waals surface area contributed by atoms with E-state index in [0.717, 1.165) is 37.1 Å². The lowest BCUT2D eigenvalue weighted by molar-refractivity contribution is 0.251. The molecule has 2 aromatic carbocycles. The topological polar surface area (TPSA) is 82.3 Å². The van der Waals surface area contributed by atoms with Crippen LogP contribution in [0, 0.1) is 0 Å². The van der Waals surface area contributed by atoms with E-state index >= 15 is 0 Å². The highest BCUT2D eigenvalue weighted by molar-refractivity contribution is 5.89. The highest BCUT2D eigenvalue weighted by Gasteiger charge is 2.05. The molecule has 4 amide bonds. The third kappa shape index (κ3) is 28.7. The van der Waals surface area contributed by atoms with Crippen molar-refractivity contribution >= 4 is 23.4 Å². The molecule has 0 spiro atoms. The summed E-state index contributed by atoms with van der Waals surface area (Å²) < 4.78 is 0. The van der Waals surface area contributed by atoms with Gasteiger partial charge in [0.15, 0.2) is 0 Å². The Hall–Kier alpha value is -3.28. The predicted molar refractivity (Wildman–Crippen MR) is 239 cm³/mol. The molecule has 6 nitrogen and oxygen atoms in total. The van der Waals surface area contributed by atoms with Crippen LogP contribution < -0.4 is 21.3 Å². The second-order valence-corrected chi connectivity index (χ2v) is 15.9. The standard InChI is InChI=1S/C49H82N4O2/c1-3-5-7-9-11-13-15-17-19-20-22-24-26-28-30-32-42-51-49(55)53-47-39-35-45(36-40-47)43-44-33-37-46(38-34-44)52-48(54)50-41-31-29-27-25-23-21-18-16-14-12-10-8-6-4-2/h17,19,33-40H,3-16,18,20-32,41-43H2,1-2H3,(H2,50,52,54)(H2,51,53,55)/b19-17+. The van der Waals surface area contributed by atoms with Gasteiger partial charge in [0, 0.05) is 24.5 Å². The monoisotopic (exact) mass is 759 g/mol. The SMILES string of the molecule is CCCCCCCC/C=C/CCCCCCCCNC(=O)Nc1ccc(Cc2ccc(NC(=O)NCCCCCCCCCCCCCCCC)cc2)cc1. The number of benzene rings is 2. The zero-order valence-electron chi connectivity index (χ0n) is 35.5. The fourth-order valence-electron chi connectivity index (χ4n) is 7.09. The minimum atomic E-state index is -0.146. The highest BCUT2D eigenvalue weighted by atomic mass is 16.2. The number of carbonyl (C=O) groups excluding carboxylic acids is 2. The fraction of sp³-hybridized carbons (Fsp3) is 0.673. The normalized spacial score (nSPS) is 11.2. The van der Waals surface area contributed by atoms with Crippen LogP contribution in [0.1, 0.15) is 205 Å². The van der Waals surface area contributed by atoms with Crippen LogP contribution in [0.15, 0.2) is 60.7 Å². The number of unbranched alkanes of at least 4 members (excludes halogenated alkanes) is 25. The van der Waals surface area contributed by atoms with Crippen molar-refractivity contribution < 1.29 is 9.59 Å². The maximum absolute atomic E-state index is 12.4. The molecular formula is C49H82N4O2. The van der Waals surface area contributed by atoms with Crippen LogP contribution in [0.5, 0.6) is 0 Å². The molecule has 0 aliphatic heterocycles. The number of rotatable bonds is 35. The number of carbonyl (C=O) groups is 2. The van der Waals surface area contributed by atoms with E-state index in [-0.39, 0.29) is 12.1 Å². The van der Waals surface area contributed by atoms with E-state index in [2.05, 4.69) is 71.5 Å². The molecule has 4 N–H and O–H groups in total. The number of amides is 4. The van der Waals surface area contributed by atoms with Gasteiger partial charge >= 0.3 is 12.1 Å². The van der Waals surface area contributed by atoms with Gasteiger partial charge in [-0.05, 0) is 80.3 Å². The van der Waals surface area contributed by atoms with Crippen molar-refractivity contribution in [2.45, 2.75) is 200 Å². The van der Waals surface area contributed by atoms with Crippen LogP contribution in [0.2, 0.25) is 0 Å². The van der Waals surface area contributed by atoms with E-state index in [1.807, 2.05) is 24.3 Å². The van der Waals surface area contributed by atoms with Gasteiger partial charge in [0.1, 0.15) is 0 Å². The average molecular weight is 759 g/mol. The second-order valence-electron chi connectivity index (χ2n) is 15.9. The summed E-state index contributed by atoms with van der Waals surface area (Å²) in [6.07, 6.45) is 42.2. The Balaban J connectivity index is 1.43. The van der Waals surface area contributed by atoms with E-state index in [0.29, 0.717) is 13.1 Å². The van der Waals surface area contributed by atoms with Crippen molar-refractivity contribution in [2.75, 3.05) is 23.7 Å². The van der Waals surface area contributed by atoms with Crippen LogP contribution in [0.25, 0.3) is 0 Å². The van der Waals surface area contributed by atoms with E-state index in [1.54, 1.807) is 0 Å². The highest BCUT2D eigenvalue weighted by Crippen LogP contribution is 2.17. The van der Waals surface area contributed by atoms with Crippen molar-refractivity contribution in [1.82, 2.24) is 10.6 Å². The minimum Gasteiger partial charge on any atom is -0.338 e. The van der Waals surface area contributed by atoms with E-state index in [4.69, 9.17) is 0 Å². The molecule has 0 aliphatic carbocycles. The average Bonchev–Trinajstić information content (AvgIpc) is 3.19. The van der Waals surface area contributed by atoms with Crippen molar-refractivity contribution in [3.05, 3.63) is 71.8 Å². The summed E-state index contributed by atoms with van der Waals surface area (Å²) in [5.41, 5.74) is 3.93. The van der Waals surface area contributed by atoms with Gasteiger partial charge in [0.2, 0.25) is 0 Å². The van der Waals surface area contributed by atoms with Gasteiger partial charge in [-0.1, -0.05) is 192 Å². The summed E-state index contributed by atoms with van der Waals surface area (Å²) in [6, 6.07) is 15.8. The molecule has 55 heavy (non-hydrogen) atoms. The Bertz CT molecular complexity index is 1210. The van der Waals surface area contributed by atoms with E-state index < -0.39 is 0 Å². The number of urea groups is 2. The van der Waals surface area contributed by atoms with Gasteiger partial charge < -0.3 is 21.3 Å². The first-order valence-corrected chi connectivity index (χ1v) is 23.0. The van der Waals surface area contributed by atoms with Crippen LogP contribution in [0.4, 0.5) is 21.0 Å². The number of nitrogens with one attached hydrogen (secondary N) is 4. The Kier molecular flexibility index (Phi) is 30.6. The number of anilines is 2. The molecule has 0 saturated carbocycles. The van der Waals surface area contributed by atoms with Crippen molar-refractivity contribution in [3.63, 3.8) is 0 Å². The largest absolute Gasteiger partial charge is 0.338 e. The fourth-order valence-corrected chi connectivity index (χ4v) is 7.09. The first-order valence-electron chi connectivity index (χ1n) is 23.0. The van der Waals surface area contributed by atoms with Gasteiger partial charge in [0.25, 0.3) is 0 Å². The third-order valence-electron chi connectivity index (χ3n) is 10.6. The maximum Gasteiger partial charge on any atom is 0.319 e. The molecular weight excluding hydrogens is 677 g/mol. The molecule has 2 aromatic rings. The Morgan fingerprint density at radius 3 is 1.02 bits per heavy atom. The van der Waals surface area contributed by atoms with Gasteiger partial charge in [-0.25, -0.2) is 9.59 Å². The molecule has 0 fully saturated rings. The molecule has 0 saturated heterocycles. The van der Waals surface area contributed by atoms with E-state index in [1.165, 1.54) is 172 Å². The van der Waals surface area contributed by atoms with Gasteiger partial charge in [0.05, 0.1) is 0 Å². The Labute approximate surface area is 338 Å². The van der Waals surface area contributed by atoms with Crippen molar-refractivity contribution in [2.24, 2.45) is 0 Å². The molecule has 0 aliphatic rings. The molecule has 2 rings (SSSR count). The third-order valence-corrected chi connectivity index (χ3v) is 10.6. The smallest absolute Gasteiger partial charge is 0.319 e. The minimum absolute atomic E-state index is 0.141. The second kappa shape index (κ2) is 35.2. The first-order chi connectivity index (χ1) is 27.1. The summed E-state index contributed by atoms with van der Waals surface area (Å²) in [6.45, 7) is 5.97. The zero-order valence-corrected chi connectivity index (χ0v) is 35.5. The van der Waals surface area contributed by atoms with Crippen LogP contribution >= 0.6 is 0 Å². The Morgan fingerprint density at radius 1 is 0.400 bits per heavy atom. The zero-order chi connectivity index (χ0) is 39.3. The molecule has 0 radical (unpaired) electrons. The molecule has 0 atom stereocenters. The van der Waals surface area contributed by atoms with Crippen LogP contribution in [-0.4, -0.2) is 25.2 Å². The Morgan fingerprint density at radius 2 is 0.691 bits per heavy atom. The van der Waals surface area contributed by atoms with E-state index in [9.17, 15) is 9.59 Å². The van der Waals surface area contributed by atoms with Gasteiger partial charge in [-0.15, -0.1) is 0 Å². The van der Waals surface area contributed by atoms with Crippen molar-refractivity contribution in [3.8, 4) is 0 Å². The predicted octanol–water partition coefficient (Wildman–Crippen LogP) is 15.0. The molecule has 0 heterocycles. The molecule has 0 bridgehead atoms. The first kappa shape index (κ1) is 47.9. The number of hydrogen-bond donors (Lipinski definition) is 4. The number of allylic oxidation sites excluding steroid dienone is 2. The lowest BCUT2D eigenvalue weighted by atomic mass is 10.0. The molecule has 6 heteroatoms. The van der Waals surface area contributed by atoms with Gasteiger partial charge in [-0.3, -0.25) is 0 Å².